The van der Waals surface area contributed by atoms with Crippen molar-refractivity contribution in [3.63, 3.8) is 0 Å². The van der Waals surface area contributed by atoms with Crippen molar-refractivity contribution in [1.82, 2.24) is 4.90 Å². The van der Waals surface area contributed by atoms with Gasteiger partial charge in [-0.1, -0.05) is 19.1 Å². The van der Waals surface area contributed by atoms with Crippen LogP contribution in [0.25, 0.3) is 0 Å². The Morgan fingerprint density at radius 3 is 2.86 bits per heavy atom. The Morgan fingerprint density at radius 1 is 1.41 bits per heavy atom. The maximum absolute atomic E-state index is 13.3. The number of carbonyl (C=O) groups excluding carboxylic acids is 1. The Labute approximate surface area is 137 Å². The topological polar surface area (TPSA) is 46.3 Å². The van der Waals surface area contributed by atoms with Crippen LogP contribution in [0.1, 0.15) is 37.7 Å². The molecule has 1 aromatic carbocycles. The van der Waals surface area contributed by atoms with Crippen LogP contribution in [0, 0.1) is 17.7 Å². The molecule has 1 aliphatic heterocycles. The highest BCUT2D eigenvalue weighted by Gasteiger charge is 2.42. The first-order valence-electron chi connectivity index (χ1n) is 7.83. The molecule has 1 amide bonds. The Kier molecular flexibility index (Phi) is 5.45. The highest BCUT2D eigenvalue weighted by Crippen LogP contribution is 2.37. The quantitative estimate of drug-likeness (QED) is 0.928. The Balaban J connectivity index is 0.00000176. The van der Waals surface area contributed by atoms with Crippen LogP contribution >= 0.6 is 12.4 Å². The molecular formula is C17H24ClFN2O. The van der Waals surface area contributed by atoms with Crippen molar-refractivity contribution in [2.45, 2.75) is 38.1 Å². The van der Waals surface area contributed by atoms with Gasteiger partial charge >= 0.3 is 0 Å². The van der Waals surface area contributed by atoms with Crippen molar-refractivity contribution in [3.05, 3.63) is 35.6 Å². The summed E-state index contributed by atoms with van der Waals surface area (Å²) in [4.78, 5) is 14.4. The van der Waals surface area contributed by atoms with E-state index in [-0.39, 0.29) is 36.1 Å². The maximum atomic E-state index is 13.3. The minimum absolute atomic E-state index is 0. The zero-order valence-electron chi connectivity index (χ0n) is 12.9. The summed E-state index contributed by atoms with van der Waals surface area (Å²) in [6, 6.07) is 6.79. The van der Waals surface area contributed by atoms with Crippen LogP contribution in [0.5, 0.6) is 0 Å². The number of rotatable bonds is 3. The summed E-state index contributed by atoms with van der Waals surface area (Å²) in [7, 11) is 0. The standard InChI is InChI=1S/C17H23FN2O.ClH/c1-11(12-3-2-4-14(18)8-12)7-17(21)20-9-13-5-6-16(19)15(13)10-20;/h2-4,8,11,13,15-16H,5-7,9-10,19H2,1H3;1H. The molecule has 4 unspecified atom stereocenters. The van der Waals surface area contributed by atoms with E-state index in [1.165, 1.54) is 12.1 Å². The van der Waals surface area contributed by atoms with Gasteiger partial charge in [0.2, 0.25) is 5.91 Å². The van der Waals surface area contributed by atoms with E-state index in [9.17, 15) is 9.18 Å². The van der Waals surface area contributed by atoms with Crippen LogP contribution in [0.4, 0.5) is 4.39 Å². The van der Waals surface area contributed by atoms with E-state index < -0.39 is 0 Å². The van der Waals surface area contributed by atoms with Gasteiger partial charge in [-0.3, -0.25) is 4.79 Å². The molecule has 3 nitrogen and oxygen atoms in total. The molecule has 122 valence electrons. The van der Waals surface area contributed by atoms with Crippen LogP contribution in [-0.2, 0) is 4.79 Å². The molecule has 1 aromatic rings. The van der Waals surface area contributed by atoms with Crippen molar-refractivity contribution in [2.75, 3.05) is 13.1 Å². The highest BCUT2D eigenvalue weighted by molar-refractivity contribution is 5.85. The summed E-state index contributed by atoms with van der Waals surface area (Å²) < 4.78 is 13.3. The number of carbonyl (C=O) groups is 1. The van der Waals surface area contributed by atoms with Crippen molar-refractivity contribution in [3.8, 4) is 0 Å². The van der Waals surface area contributed by atoms with Gasteiger partial charge in [0, 0.05) is 25.6 Å². The van der Waals surface area contributed by atoms with Crippen molar-refractivity contribution in [2.24, 2.45) is 17.6 Å². The van der Waals surface area contributed by atoms with Gasteiger partial charge in [-0.25, -0.2) is 4.39 Å². The molecule has 2 aliphatic rings. The first-order chi connectivity index (χ1) is 10.0. The van der Waals surface area contributed by atoms with E-state index in [4.69, 9.17) is 5.73 Å². The zero-order valence-corrected chi connectivity index (χ0v) is 13.7. The number of amides is 1. The monoisotopic (exact) mass is 326 g/mol. The van der Waals surface area contributed by atoms with E-state index in [1.807, 2.05) is 17.9 Å². The number of benzene rings is 1. The summed E-state index contributed by atoms with van der Waals surface area (Å²) in [6.45, 7) is 3.64. The van der Waals surface area contributed by atoms with E-state index >= 15 is 0 Å². The van der Waals surface area contributed by atoms with Gasteiger partial charge in [-0.2, -0.15) is 0 Å². The van der Waals surface area contributed by atoms with Crippen LogP contribution in [0.3, 0.4) is 0 Å². The second-order valence-electron chi connectivity index (χ2n) is 6.62. The lowest BCUT2D eigenvalue weighted by atomic mass is 9.97. The van der Waals surface area contributed by atoms with Gasteiger partial charge in [-0.05, 0) is 48.3 Å². The van der Waals surface area contributed by atoms with Crippen LogP contribution in [-0.4, -0.2) is 29.9 Å². The molecule has 0 spiro atoms. The van der Waals surface area contributed by atoms with E-state index in [0.29, 0.717) is 18.3 Å². The van der Waals surface area contributed by atoms with Crippen LogP contribution in [0.15, 0.2) is 24.3 Å². The van der Waals surface area contributed by atoms with Gasteiger partial charge in [0.05, 0.1) is 0 Å². The summed E-state index contributed by atoms with van der Waals surface area (Å²) in [5.41, 5.74) is 7.00. The predicted molar refractivity (Wildman–Crippen MR) is 87.4 cm³/mol. The van der Waals surface area contributed by atoms with Gasteiger partial charge in [-0.15, -0.1) is 12.4 Å². The molecule has 2 N–H and O–H groups in total. The fraction of sp³-hybridized carbons (Fsp3) is 0.588. The molecule has 0 aromatic heterocycles. The first kappa shape index (κ1) is 17.2. The van der Waals surface area contributed by atoms with Crippen LogP contribution < -0.4 is 5.73 Å². The van der Waals surface area contributed by atoms with Gasteiger partial charge in [0.25, 0.3) is 0 Å². The largest absolute Gasteiger partial charge is 0.342 e. The average Bonchev–Trinajstić information content (AvgIpc) is 3.01. The number of halogens is 2. The molecule has 1 heterocycles. The molecule has 1 saturated carbocycles. The van der Waals surface area contributed by atoms with Crippen molar-refractivity contribution in [1.29, 1.82) is 0 Å². The minimum Gasteiger partial charge on any atom is -0.342 e. The normalized spacial score (nSPS) is 28.1. The number of nitrogens with two attached hydrogens (primary N) is 1. The molecule has 4 atom stereocenters. The number of nitrogens with zero attached hydrogens (tertiary/aromatic N) is 1. The van der Waals surface area contributed by atoms with Gasteiger partial charge in [0.15, 0.2) is 0 Å². The molecular weight excluding hydrogens is 303 g/mol. The molecule has 1 aliphatic carbocycles. The van der Waals surface area contributed by atoms with E-state index in [1.54, 1.807) is 6.07 Å². The fourth-order valence-corrected chi connectivity index (χ4v) is 3.83. The van der Waals surface area contributed by atoms with E-state index in [0.717, 1.165) is 31.5 Å². The lowest BCUT2D eigenvalue weighted by molar-refractivity contribution is -0.130. The zero-order chi connectivity index (χ0) is 15.0. The molecule has 0 bridgehead atoms. The fourth-order valence-electron chi connectivity index (χ4n) is 3.83. The number of hydrogen-bond donors (Lipinski definition) is 1. The SMILES string of the molecule is CC(CC(=O)N1CC2CCC(N)C2C1)c1cccc(F)c1.Cl. The molecule has 22 heavy (non-hydrogen) atoms. The number of likely N-dealkylation sites (tertiary alicyclic amines) is 1. The Bertz CT molecular complexity index is 539. The second kappa shape index (κ2) is 6.97. The highest BCUT2D eigenvalue weighted by atomic mass is 35.5. The molecule has 3 rings (SSSR count). The molecule has 5 heteroatoms. The van der Waals surface area contributed by atoms with Gasteiger partial charge in [0.1, 0.15) is 5.82 Å². The van der Waals surface area contributed by atoms with E-state index in [2.05, 4.69) is 0 Å². The third-order valence-electron chi connectivity index (χ3n) is 5.16. The third kappa shape index (κ3) is 3.44. The lowest BCUT2D eigenvalue weighted by Gasteiger charge is -2.21. The predicted octanol–water partition coefficient (Wildman–Crippen LogP) is 2.94. The van der Waals surface area contributed by atoms with Crippen LogP contribution in [0.2, 0.25) is 0 Å². The maximum Gasteiger partial charge on any atom is 0.223 e. The van der Waals surface area contributed by atoms with Crippen molar-refractivity contribution < 1.29 is 9.18 Å². The smallest absolute Gasteiger partial charge is 0.223 e. The minimum atomic E-state index is -0.242. The van der Waals surface area contributed by atoms with Gasteiger partial charge < -0.3 is 10.6 Å². The summed E-state index contributed by atoms with van der Waals surface area (Å²) >= 11 is 0. The molecule has 1 saturated heterocycles. The summed E-state index contributed by atoms with van der Waals surface area (Å²) in [5.74, 6) is 1.05. The second-order valence-corrected chi connectivity index (χ2v) is 6.62. The number of hydrogen-bond acceptors (Lipinski definition) is 2. The Morgan fingerprint density at radius 2 is 2.18 bits per heavy atom. The average molecular weight is 327 g/mol. The number of fused-ring (bicyclic) bond motifs is 1. The third-order valence-corrected chi connectivity index (χ3v) is 5.16. The molecule has 2 fully saturated rings. The Hall–Kier alpha value is -1.13. The van der Waals surface area contributed by atoms with Crippen molar-refractivity contribution >= 4 is 18.3 Å². The molecule has 0 radical (unpaired) electrons. The first-order valence-corrected chi connectivity index (χ1v) is 7.83. The summed E-state index contributed by atoms with van der Waals surface area (Å²) in [5, 5.41) is 0. The lowest BCUT2D eigenvalue weighted by Crippen LogP contribution is -2.33. The summed E-state index contributed by atoms with van der Waals surface area (Å²) in [6.07, 6.45) is 2.68.